The fourth-order valence-electron chi connectivity index (χ4n) is 1.84. The number of anilines is 2. The molecule has 0 fully saturated rings. The van der Waals surface area contributed by atoms with E-state index in [2.05, 4.69) is 15.3 Å². The van der Waals surface area contributed by atoms with Gasteiger partial charge in [0.1, 0.15) is 18.1 Å². The topological polar surface area (TPSA) is 58.1 Å². The van der Waals surface area contributed by atoms with E-state index in [1.807, 2.05) is 0 Å². The van der Waals surface area contributed by atoms with Crippen molar-refractivity contribution in [2.75, 3.05) is 17.3 Å². The van der Waals surface area contributed by atoms with E-state index in [9.17, 15) is 13.6 Å². The number of aryl methyl sites for hydroxylation is 1. The molecule has 0 saturated heterocycles. The molecule has 1 N–H and O–H groups in total. The summed E-state index contributed by atoms with van der Waals surface area (Å²) in [7, 11) is 1.58. The average Bonchev–Trinajstić information content (AvgIpc) is 2.26. The first kappa shape index (κ1) is 11.7. The zero-order valence-corrected chi connectivity index (χ0v) is 9.44. The van der Waals surface area contributed by atoms with Crippen LogP contribution in [0.15, 0.2) is 6.33 Å². The largest absolute Gasteiger partial charge is 0.346 e. The highest BCUT2D eigenvalue weighted by atomic mass is 19.3. The predicted molar refractivity (Wildman–Crippen MR) is 58.2 cm³/mol. The molecule has 5 nitrogen and oxygen atoms in total. The molecule has 1 atom stereocenters. The molecule has 0 saturated carbocycles. The highest BCUT2D eigenvalue weighted by Crippen LogP contribution is 2.31. The van der Waals surface area contributed by atoms with Crippen molar-refractivity contribution in [3.63, 3.8) is 0 Å². The number of rotatable bonds is 2. The van der Waals surface area contributed by atoms with Crippen LogP contribution in [0.1, 0.15) is 12.1 Å². The van der Waals surface area contributed by atoms with E-state index < -0.39 is 24.8 Å². The zero-order valence-electron chi connectivity index (χ0n) is 9.44. The summed E-state index contributed by atoms with van der Waals surface area (Å²) in [6.45, 7) is 1.72. The molecule has 0 radical (unpaired) electrons. The molecule has 2 rings (SSSR count). The molecule has 7 heteroatoms. The number of nitrogens with zero attached hydrogens (tertiary/aromatic N) is 3. The Balaban J connectivity index is 2.37. The SMILES string of the molecule is Cc1ncnc2c1NC(=O)C(CC(F)F)N2C. The molecule has 2 heterocycles. The lowest BCUT2D eigenvalue weighted by atomic mass is 10.1. The van der Waals surface area contributed by atoms with Crippen molar-refractivity contribution in [1.29, 1.82) is 0 Å². The Morgan fingerprint density at radius 2 is 2.24 bits per heavy atom. The molecule has 1 aliphatic rings. The number of alkyl halides is 2. The molecule has 1 unspecified atom stereocenters. The van der Waals surface area contributed by atoms with Gasteiger partial charge in [-0.2, -0.15) is 0 Å². The van der Waals surface area contributed by atoms with Crippen molar-refractivity contribution in [3.05, 3.63) is 12.0 Å². The average molecular weight is 242 g/mol. The molecular formula is C10H12F2N4O. The van der Waals surface area contributed by atoms with Crippen LogP contribution in [0, 0.1) is 6.92 Å². The van der Waals surface area contributed by atoms with E-state index in [0.29, 0.717) is 17.2 Å². The Hall–Kier alpha value is -1.79. The van der Waals surface area contributed by atoms with Crippen molar-refractivity contribution in [1.82, 2.24) is 9.97 Å². The molecule has 1 aromatic heterocycles. The highest BCUT2D eigenvalue weighted by Gasteiger charge is 2.34. The third-order valence-electron chi connectivity index (χ3n) is 2.77. The fraction of sp³-hybridized carbons (Fsp3) is 0.500. The number of amides is 1. The van der Waals surface area contributed by atoms with Crippen molar-refractivity contribution < 1.29 is 13.6 Å². The van der Waals surface area contributed by atoms with Gasteiger partial charge in [0.2, 0.25) is 12.3 Å². The van der Waals surface area contributed by atoms with Gasteiger partial charge in [-0.1, -0.05) is 0 Å². The number of likely N-dealkylation sites (N-methyl/N-ethyl adjacent to an activating group) is 1. The van der Waals surface area contributed by atoms with Gasteiger partial charge in [-0.15, -0.1) is 0 Å². The van der Waals surface area contributed by atoms with E-state index in [1.165, 1.54) is 11.2 Å². The Kier molecular flexibility index (Phi) is 2.91. The quantitative estimate of drug-likeness (QED) is 0.846. The molecule has 1 aliphatic heterocycles. The summed E-state index contributed by atoms with van der Waals surface area (Å²) in [5.41, 5.74) is 1.11. The summed E-state index contributed by atoms with van der Waals surface area (Å²) in [6.07, 6.45) is -1.69. The van der Waals surface area contributed by atoms with Gasteiger partial charge in [0, 0.05) is 13.5 Å². The van der Waals surface area contributed by atoms with Crippen molar-refractivity contribution >= 4 is 17.4 Å². The molecular weight excluding hydrogens is 230 g/mol. The number of carbonyl (C=O) groups is 1. The first-order valence-electron chi connectivity index (χ1n) is 5.14. The van der Waals surface area contributed by atoms with Gasteiger partial charge in [-0.25, -0.2) is 18.7 Å². The number of aromatic nitrogens is 2. The van der Waals surface area contributed by atoms with E-state index in [1.54, 1.807) is 14.0 Å². The maximum Gasteiger partial charge on any atom is 0.247 e. The number of hydrogen-bond acceptors (Lipinski definition) is 4. The summed E-state index contributed by atoms with van der Waals surface area (Å²) in [5, 5.41) is 2.58. The summed E-state index contributed by atoms with van der Waals surface area (Å²) in [4.78, 5) is 21.1. The molecule has 1 aromatic rings. The van der Waals surface area contributed by atoms with Crippen LogP contribution in [0.5, 0.6) is 0 Å². The molecule has 0 spiro atoms. The molecule has 92 valence electrons. The maximum atomic E-state index is 12.4. The minimum Gasteiger partial charge on any atom is -0.346 e. The van der Waals surface area contributed by atoms with Gasteiger partial charge in [0.15, 0.2) is 5.82 Å². The Labute approximate surface area is 96.9 Å². The van der Waals surface area contributed by atoms with E-state index in [0.717, 1.165) is 0 Å². The van der Waals surface area contributed by atoms with Crippen LogP contribution in [0.25, 0.3) is 0 Å². The number of carbonyl (C=O) groups excluding carboxylic acids is 1. The van der Waals surface area contributed by atoms with Crippen LogP contribution in [-0.2, 0) is 4.79 Å². The van der Waals surface area contributed by atoms with Gasteiger partial charge < -0.3 is 10.2 Å². The van der Waals surface area contributed by atoms with Crippen LogP contribution < -0.4 is 10.2 Å². The minimum atomic E-state index is -2.53. The van der Waals surface area contributed by atoms with Crippen LogP contribution >= 0.6 is 0 Å². The predicted octanol–water partition coefficient (Wildman–Crippen LogP) is 1.20. The van der Waals surface area contributed by atoms with Gasteiger partial charge in [-0.3, -0.25) is 4.79 Å². The van der Waals surface area contributed by atoms with Crippen molar-refractivity contribution in [3.8, 4) is 0 Å². The lowest BCUT2D eigenvalue weighted by molar-refractivity contribution is -0.118. The number of hydrogen-bond donors (Lipinski definition) is 1. The summed E-state index contributed by atoms with van der Waals surface area (Å²) in [5.74, 6) is 0.0287. The molecule has 1 amide bonds. The normalized spacial score (nSPS) is 19.2. The van der Waals surface area contributed by atoms with Crippen LogP contribution in [0.3, 0.4) is 0 Å². The third-order valence-corrected chi connectivity index (χ3v) is 2.77. The Morgan fingerprint density at radius 1 is 1.53 bits per heavy atom. The van der Waals surface area contributed by atoms with Gasteiger partial charge in [0.05, 0.1) is 5.69 Å². The summed E-state index contributed by atoms with van der Waals surface area (Å²) in [6, 6.07) is -0.892. The highest BCUT2D eigenvalue weighted by molar-refractivity contribution is 6.03. The van der Waals surface area contributed by atoms with Crippen molar-refractivity contribution in [2.45, 2.75) is 25.8 Å². The van der Waals surface area contributed by atoms with E-state index >= 15 is 0 Å². The van der Waals surface area contributed by atoms with Gasteiger partial charge >= 0.3 is 0 Å². The maximum absolute atomic E-state index is 12.4. The minimum absolute atomic E-state index is 0.446. The van der Waals surface area contributed by atoms with Crippen LogP contribution in [0.4, 0.5) is 20.3 Å². The third kappa shape index (κ3) is 2.04. The smallest absolute Gasteiger partial charge is 0.247 e. The number of halogens is 2. The Bertz CT molecular complexity index is 452. The van der Waals surface area contributed by atoms with E-state index in [-0.39, 0.29) is 0 Å². The second-order valence-electron chi connectivity index (χ2n) is 3.90. The summed E-state index contributed by atoms with van der Waals surface area (Å²) >= 11 is 0. The van der Waals surface area contributed by atoms with E-state index in [4.69, 9.17) is 0 Å². The first-order valence-corrected chi connectivity index (χ1v) is 5.14. The summed E-state index contributed by atoms with van der Waals surface area (Å²) < 4.78 is 24.8. The standard InChI is InChI=1S/C10H12F2N4O/c1-5-8-9(14-4-13-5)16(2)6(3-7(11)12)10(17)15-8/h4,6-7H,3H2,1-2H3,(H,15,17). The second-order valence-corrected chi connectivity index (χ2v) is 3.90. The van der Waals surface area contributed by atoms with Crippen LogP contribution in [0.2, 0.25) is 0 Å². The number of nitrogens with one attached hydrogen (secondary N) is 1. The monoisotopic (exact) mass is 242 g/mol. The number of fused-ring (bicyclic) bond motifs is 1. The lowest BCUT2D eigenvalue weighted by Gasteiger charge is -2.34. The van der Waals surface area contributed by atoms with Gasteiger partial charge in [0.25, 0.3) is 0 Å². The second kappa shape index (κ2) is 4.23. The lowest BCUT2D eigenvalue weighted by Crippen LogP contribution is -2.47. The zero-order chi connectivity index (χ0) is 12.6. The fourth-order valence-corrected chi connectivity index (χ4v) is 1.84. The van der Waals surface area contributed by atoms with Crippen molar-refractivity contribution in [2.24, 2.45) is 0 Å². The molecule has 0 aromatic carbocycles. The first-order chi connectivity index (χ1) is 8.00. The van der Waals surface area contributed by atoms with Crippen LogP contribution in [-0.4, -0.2) is 35.4 Å². The Morgan fingerprint density at radius 3 is 2.88 bits per heavy atom. The van der Waals surface area contributed by atoms with Gasteiger partial charge in [-0.05, 0) is 6.92 Å². The molecule has 0 bridgehead atoms. The molecule has 17 heavy (non-hydrogen) atoms. The molecule has 0 aliphatic carbocycles.